The minimum Gasteiger partial charge on any atom is -0.296 e. The van der Waals surface area contributed by atoms with Gasteiger partial charge in [-0.15, -0.1) is 11.6 Å². The van der Waals surface area contributed by atoms with E-state index in [2.05, 4.69) is 23.7 Å². The Kier molecular flexibility index (Phi) is 4.91. The molecule has 1 aromatic heterocycles. The number of hydrogen-bond donors (Lipinski definition) is 0. The van der Waals surface area contributed by atoms with Gasteiger partial charge in [-0.2, -0.15) is 0 Å². The molecule has 0 unspecified atom stereocenters. The molecule has 0 fully saturated rings. The number of hydrogen-bond acceptors (Lipinski definition) is 2. The van der Waals surface area contributed by atoms with Gasteiger partial charge in [0.25, 0.3) is 0 Å². The van der Waals surface area contributed by atoms with Gasteiger partial charge in [0.15, 0.2) is 0 Å². The van der Waals surface area contributed by atoms with Crippen molar-refractivity contribution in [3.8, 4) is 0 Å². The molecule has 78 valence electrons. The molecular formula is C11H17ClN2. The van der Waals surface area contributed by atoms with Gasteiger partial charge in [0.1, 0.15) is 0 Å². The van der Waals surface area contributed by atoms with E-state index in [4.69, 9.17) is 11.6 Å². The molecule has 0 amide bonds. The van der Waals surface area contributed by atoms with Crippen LogP contribution in [0.15, 0.2) is 24.5 Å². The van der Waals surface area contributed by atoms with Crippen molar-refractivity contribution in [2.45, 2.75) is 26.4 Å². The van der Waals surface area contributed by atoms with E-state index < -0.39 is 0 Å². The molecule has 1 aromatic rings. The van der Waals surface area contributed by atoms with Crippen LogP contribution >= 0.6 is 11.6 Å². The summed E-state index contributed by atoms with van der Waals surface area (Å²) in [6.45, 7) is 6.26. The highest BCUT2D eigenvalue weighted by Crippen LogP contribution is 2.07. The molecule has 0 aromatic carbocycles. The van der Waals surface area contributed by atoms with Gasteiger partial charge in [-0.3, -0.25) is 9.88 Å². The fourth-order valence-electron chi connectivity index (χ4n) is 1.35. The van der Waals surface area contributed by atoms with Crippen LogP contribution < -0.4 is 0 Å². The second-order valence-corrected chi connectivity index (χ2v) is 3.99. The maximum atomic E-state index is 5.75. The molecule has 0 bridgehead atoms. The molecule has 0 radical (unpaired) electrons. The lowest BCUT2D eigenvalue weighted by atomic mass is 10.2. The van der Waals surface area contributed by atoms with Gasteiger partial charge in [-0.1, -0.05) is 0 Å². The van der Waals surface area contributed by atoms with Gasteiger partial charge < -0.3 is 0 Å². The smallest absolute Gasteiger partial charge is 0.0351 e. The van der Waals surface area contributed by atoms with E-state index >= 15 is 0 Å². The van der Waals surface area contributed by atoms with Crippen molar-refractivity contribution in [2.75, 3.05) is 12.4 Å². The van der Waals surface area contributed by atoms with Crippen LogP contribution in [0.1, 0.15) is 19.4 Å². The molecule has 1 heterocycles. The summed E-state index contributed by atoms with van der Waals surface area (Å²) < 4.78 is 0. The van der Waals surface area contributed by atoms with Gasteiger partial charge in [-0.05, 0) is 31.5 Å². The van der Waals surface area contributed by atoms with E-state index in [1.807, 2.05) is 24.5 Å². The Labute approximate surface area is 90.9 Å². The lowest BCUT2D eigenvalue weighted by molar-refractivity contribution is 0.226. The van der Waals surface area contributed by atoms with Crippen molar-refractivity contribution in [3.05, 3.63) is 30.1 Å². The maximum absolute atomic E-state index is 5.75. The molecule has 0 saturated carbocycles. The summed E-state index contributed by atoms with van der Waals surface area (Å²) >= 11 is 5.75. The van der Waals surface area contributed by atoms with Crippen LogP contribution in [-0.2, 0) is 6.54 Å². The molecule has 14 heavy (non-hydrogen) atoms. The number of pyridine rings is 1. The highest BCUT2D eigenvalue weighted by atomic mass is 35.5. The molecule has 0 aliphatic rings. The van der Waals surface area contributed by atoms with E-state index in [1.165, 1.54) is 5.56 Å². The van der Waals surface area contributed by atoms with Crippen LogP contribution in [0.3, 0.4) is 0 Å². The number of aromatic nitrogens is 1. The fourth-order valence-corrected chi connectivity index (χ4v) is 1.57. The molecule has 0 saturated heterocycles. The van der Waals surface area contributed by atoms with Crippen LogP contribution in [0.25, 0.3) is 0 Å². The summed E-state index contributed by atoms with van der Waals surface area (Å²) in [4.78, 5) is 6.35. The third kappa shape index (κ3) is 3.64. The zero-order valence-electron chi connectivity index (χ0n) is 8.78. The first-order valence-corrected chi connectivity index (χ1v) is 5.46. The molecule has 1 rings (SSSR count). The Hall–Kier alpha value is -0.600. The minimum atomic E-state index is 0.530. The highest BCUT2D eigenvalue weighted by molar-refractivity contribution is 6.18. The lowest BCUT2D eigenvalue weighted by Gasteiger charge is -2.25. The van der Waals surface area contributed by atoms with E-state index in [0.717, 1.165) is 13.1 Å². The first-order chi connectivity index (χ1) is 6.74. The monoisotopic (exact) mass is 212 g/mol. The van der Waals surface area contributed by atoms with E-state index in [9.17, 15) is 0 Å². The maximum Gasteiger partial charge on any atom is 0.0351 e. The van der Waals surface area contributed by atoms with Gasteiger partial charge in [0.05, 0.1) is 0 Å². The molecular weight excluding hydrogens is 196 g/mol. The zero-order chi connectivity index (χ0) is 10.4. The third-order valence-electron chi connectivity index (χ3n) is 2.24. The van der Waals surface area contributed by atoms with Gasteiger partial charge in [-0.25, -0.2) is 0 Å². The largest absolute Gasteiger partial charge is 0.296 e. The van der Waals surface area contributed by atoms with Crippen LogP contribution in [0.5, 0.6) is 0 Å². The highest BCUT2D eigenvalue weighted by Gasteiger charge is 2.08. The standard InChI is InChI=1S/C11H17ClN2/c1-10(2)14(8-5-12)9-11-3-6-13-7-4-11/h3-4,6-7,10H,5,8-9H2,1-2H3. The van der Waals surface area contributed by atoms with Crippen LogP contribution in [0, 0.1) is 0 Å². The van der Waals surface area contributed by atoms with Crippen molar-refractivity contribution < 1.29 is 0 Å². The average Bonchev–Trinajstić information content (AvgIpc) is 2.18. The van der Waals surface area contributed by atoms with Crippen molar-refractivity contribution in [1.82, 2.24) is 9.88 Å². The van der Waals surface area contributed by atoms with E-state index in [0.29, 0.717) is 11.9 Å². The number of nitrogens with zero attached hydrogens (tertiary/aromatic N) is 2. The molecule has 0 aliphatic carbocycles. The SMILES string of the molecule is CC(C)N(CCCl)Cc1ccncc1. The zero-order valence-corrected chi connectivity index (χ0v) is 9.54. The molecule has 0 spiro atoms. The summed E-state index contributed by atoms with van der Waals surface area (Å²) in [5.41, 5.74) is 1.29. The topological polar surface area (TPSA) is 16.1 Å². The number of halogens is 1. The summed E-state index contributed by atoms with van der Waals surface area (Å²) in [6, 6.07) is 4.62. The van der Waals surface area contributed by atoms with Crippen LogP contribution in [0.4, 0.5) is 0 Å². The second kappa shape index (κ2) is 5.99. The Morgan fingerprint density at radius 3 is 2.50 bits per heavy atom. The Morgan fingerprint density at radius 1 is 1.36 bits per heavy atom. The van der Waals surface area contributed by atoms with Gasteiger partial charge in [0, 0.05) is 37.4 Å². The molecule has 0 N–H and O–H groups in total. The first kappa shape index (κ1) is 11.5. The molecule has 2 nitrogen and oxygen atoms in total. The molecule has 0 atom stereocenters. The molecule has 3 heteroatoms. The Balaban J connectivity index is 2.55. The van der Waals surface area contributed by atoms with Crippen LogP contribution in [0.2, 0.25) is 0 Å². The van der Waals surface area contributed by atoms with Crippen molar-refractivity contribution in [2.24, 2.45) is 0 Å². The normalized spacial score (nSPS) is 11.2. The summed E-state index contributed by atoms with van der Waals surface area (Å²) in [7, 11) is 0. The minimum absolute atomic E-state index is 0.530. The van der Waals surface area contributed by atoms with Crippen molar-refractivity contribution in [1.29, 1.82) is 0 Å². The summed E-state index contributed by atoms with van der Waals surface area (Å²) in [5, 5.41) is 0. The predicted molar refractivity (Wildman–Crippen MR) is 60.5 cm³/mol. The van der Waals surface area contributed by atoms with Crippen LogP contribution in [-0.4, -0.2) is 28.4 Å². The fraction of sp³-hybridized carbons (Fsp3) is 0.545. The lowest BCUT2D eigenvalue weighted by Crippen LogP contribution is -2.32. The van der Waals surface area contributed by atoms with Crippen molar-refractivity contribution >= 4 is 11.6 Å². The summed E-state index contributed by atoms with van der Waals surface area (Å²) in [6.07, 6.45) is 3.66. The second-order valence-electron chi connectivity index (χ2n) is 3.61. The van der Waals surface area contributed by atoms with E-state index in [-0.39, 0.29) is 0 Å². The van der Waals surface area contributed by atoms with E-state index in [1.54, 1.807) is 0 Å². The summed E-state index contributed by atoms with van der Waals surface area (Å²) in [5.74, 6) is 0.684. The van der Waals surface area contributed by atoms with Gasteiger partial charge in [0.2, 0.25) is 0 Å². The number of rotatable bonds is 5. The first-order valence-electron chi connectivity index (χ1n) is 4.93. The predicted octanol–water partition coefficient (Wildman–Crippen LogP) is 2.53. The van der Waals surface area contributed by atoms with Crippen molar-refractivity contribution in [3.63, 3.8) is 0 Å². The average molecular weight is 213 g/mol. The van der Waals surface area contributed by atoms with Gasteiger partial charge >= 0.3 is 0 Å². The Bertz CT molecular complexity index is 249. The Morgan fingerprint density at radius 2 is 2.00 bits per heavy atom. The molecule has 0 aliphatic heterocycles. The quantitative estimate of drug-likeness (QED) is 0.698. The third-order valence-corrected chi connectivity index (χ3v) is 2.41. The number of alkyl halides is 1.